The van der Waals surface area contributed by atoms with Gasteiger partial charge in [0.2, 0.25) is 0 Å². The Bertz CT molecular complexity index is 867. The Morgan fingerprint density at radius 3 is 1.00 bits per heavy atom. The van der Waals surface area contributed by atoms with Gasteiger partial charge >= 0.3 is 0 Å². The molecule has 2 nitrogen and oxygen atoms in total. The Hall–Kier alpha value is -3.52. The lowest BCUT2D eigenvalue weighted by atomic mass is 10.0. The van der Waals surface area contributed by atoms with Gasteiger partial charge in [0.25, 0.3) is 0 Å². The summed E-state index contributed by atoms with van der Waals surface area (Å²) >= 11 is 0. The molecule has 4 aromatic carbocycles. The van der Waals surface area contributed by atoms with Gasteiger partial charge in [0.1, 0.15) is 11.5 Å². The Kier molecular flexibility index (Phi) is 5.69. The first-order valence-corrected chi connectivity index (χ1v) is 8.42. The third kappa shape index (κ3) is 4.31. The molecule has 0 heterocycles. The van der Waals surface area contributed by atoms with E-state index in [1.807, 2.05) is 24.3 Å². The lowest BCUT2D eigenvalue weighted by Gasteiger charge is -2.05. The van der Waals surface area contributed by atoms with Crippen LogP contribution in [0.4, 0.5) is 0 Å². The first-order valence-electron chi connectivity index (χ1n) is 8.42. The molecule has 0 saturated carbocycles. The third-order valence-corrected chi connectivity index (χ3v) is 3.98. The van der Waals surface area contributed by atoms with Crippen LogP contribution in [-0.4, -0.2) is 10.2 Å². The zero-order chi connectivity index (χ0) is 18.2. The minimum Gasteiger partial charge on any atom is -0.507 e. The standard InChI is InChI=1S/C12H10O2.C12H10/c13-11-7-3-1-5-9(11)10-6-2-4-8-12(10)14;1-3-7-11(8-4-1)12-9-5-2-6-10-12/h1-8,13-14H;1-10H. The lowest BCUT2D eigenvalue weighted by molar-refractivity contribution is 0.469. The lowest BCUT2D eigenvalue weighted by Crippen LogP contribution is -1.79. The molecule has 0 amide bonds. The van der Waals surface area contributed by atoms with Gasteiger partial charge in [0, 0.05) is 11.1 Å². The van der Waals surface area contributed by atoms with E-state index in [2.05, 4.69) is 48.5 Å². The van der Waals surface area contributed by atoms with Crippen LogP contribution < -0.4 is 0 Å². The van der Waals surface area contributed by atoms with E-state index >= 15 is 0 Å². The van der Waals surface area contributed by atoms with Crippen LogP contribution in [0.5, 0.6) is 11.5 Å². The van der Waals surface area contributed by atoms with Gasteiger partial charge in [0.15, 0.2) is 0 Å². The van der Waals surface area contributed by atoms with Crippen molar-refractivity contribution in [2.75, 3.05) is 0 Å². The molecule has 26 heavy (non-hydrogen) atoms. The van der Waals surface area contributed by atoms with E-state index in [-0.39, 0.29) is 11.5 Å². The number of phenols is 2. The van der Waals surface area contributed by atoms with Gasteiger partial charge in [-0.05, 0) is 23.3 Å². The topological polar surface area (TPSA) is 40.5 Å². The number of hydrogen-bond donors (Lipinski definition) is 2. The molecule has 0 bridgehead atoms. The molecular weight excluding hydrogens is 320 g/mol. The molecule has 4 rings (SSSR count). The summed E-state index contributed by atoms with van der Waals surface area (Å²) < 4.78 is 0. The Labute approximate surface area is 153 Å². The minimum absolute atomic E-state index is 0.175. The van der Waals surface area contributed by atoms with E-state index in [1.54, 1.807) is 36.4 Å². The highest BCUT2D eigenvalue weighted by Gasteiger charge is 2.06. The van der Waals surface area contributed by atoms with Crippen LogP contribution >= 0.6 is 0 Å². The van der Waals surface area contributed by atoms with Gasteiger partial charge in [-0.3, -0.25) is 0 Å². The first-order chi connectivity index (χ1) is 12.8. The predicted octanol–water partition coefficient (Wildman–Crippen LogP) is 6.12. The second-order valence-electron chi connectivity index (χ2n) is 5.77. The molecular formula is C24H20O2. The fourth-order valence-electron chi connectivity index (χ4n) is 2.66. The van der Waals surface area contributed by atoms with Crippen molar-refractivity contribution in [3.8, 4) is 33.8 Å². The van der Waals surface area contributed by atoms with E-state index < -0.39 is 0 Å². The Balaban J connectivity index is 0.000000152. The molecule has 0 atom stereocenters. The summed E-state index contributed by atoms with van der Waals surface area (Å²) in [6.45, 7) is 0. The molecule has 0 aliphatic rings. The molecule has 0 aromatic heterocycles. The van der Waals surface area contributed by atoms with E-state index in [4.69, 9.17) is 0 Å². The number of para-hydroxylation sites is 2. The van der Waals surface area contributed by atoms with Gasteiger partial charge in [-0.1, -0.05) is 97.1 Å². The van der Waals surface area contributed by atoms with Crippen molar-refractivity contribution < 1.29 is 10.2 Å². The van der Waals surface area contributed by atoms with Crippen LogP contribution in [0.1, 0.15) is 0 Å². The normalized spacial score (nSPS) is 9.85. The summed E-state index contributed by atoms with van der Waals surface area (Å²) in [5, 5.41) is 19.2. The van der Waals surface area contributed by atoms with Crippen molar-refractivity contribution in [3.63, 3.8) is 0 Å². The fourth-order valence-corrected chi connectivity index (χ4v) is 2.66. The predicted molar refractivity (Wildman–Crippen MR) is 107 cm³/mol. The largest absolute Gasteiger partial charge is 0.507 e. The maximum atomic E-state index is 9.58. The second kappa shape index (κ2) is 8.54. The summed E-state index contributed by atoms with van der Waals surface area (Å²) in [7, 11) is 0. The molecule has 0 radical (unpaired) electrons. The smallest absolute Gasteiger partial charge is 0.123 e. The number of rotatable bonds is 2. The maximum absolute atomic E-state index is 9.58. The number of phenolic OH excluding ortho intramolecular Hbond substituents is 2. The summed E-state index contributed by atoms with van der Waals surface area (Å²) in [4.78, 5) is 0. The van der Waals surface area contributed by atoms with E-state index in [0.29, 0.717) is 11.1 Å². The van der Waals surface area contributed by atoms with Crippen molar-refractivity contribution in [3.05, 3.63) is 109 Å². The number of hydrogen-bond acceptors (Lipinski definition) is 2. The summed E-state index contributed by atoms with van der Waals surface area (Å²) in [5.41, 5.74) is 3.84. The van der Waals surface area contributed by atoms with Gasteiger partial charge in [0.05, 0.1) is 0 Å². The van der Waals surface area contributed by atoms with Crippen LogP contribution in [0, 0.1) is 0 Å². The van der Waals surface area contributed by atoms with Crippen molar-refractivity contribution >= 4 is 0 Å². The highest BCUT2D eigenvalue weighted by Crippen LogP contribution is 2.34. The second-order valence-corrected chi connectivity index (χ2v) is 5.77. The molecule has 2 N–H and O–H groups in total. The molecule has 4 aromatic rings. The summed E-state index contributed by atoms with van der Waals surface area (Å²) in [6, 6.07) is 34.7. The first kappa shape index (κ1) is 17.3. The molecule has 2 heteroatoms. The number of aromatic hydroxyl groups is 2. The van der Waals surface area contributed by atoms with Crippen LogP contribution in [-0.2, 0) is 0 Å². The van der Waals surface area contributed by atoms with E-state index in [9.17, 15) is 10.2 Å². The van der Waals surface area contributed by atoms with E-state index in [1.165, 1.54) is 11.1 Å². The molecule has 0 aliphatic carbocycles. The monoisotopic (exact) mass is 340 g/mol. The highest BCUT2D eigenvalue weighted by atomic mass is 16.3. The molecule has 0 aliphatic heterocycles. The fraction of sp³-hybridized carbons (Fsp3) is 0. The maximum Gasteiger partial charge on any atom is 0.123 e. The zero-order valence-electron chi connectivity index (χ0n) is 14.3. The SMILES string of the molecule is Oc1ccccc1-c1ccccc1O.c1ccc(-c2ccccc2)cc1. The van der Waals surface area contributed by atoms with Gasteiger partial charge in [-0.15, -0.1) is 0 Å². The van der Waals surface area contributed by atoms with Crippen LogP contribution in [0.15, 0.2) is 109 Å². The average Bonchev–Trinajstić information content (AvgIpc) is 2.71. The molecule has 0 unspecified atom stereocenters. The van der Waals surface area contributed by atoms with Crippen molar-refractivity contribution in [2.24, 2.45) is 0 Å². The quantitative estimate of drug-likeness (QED) is 0.461. The van der Waals surface area contributed by atoms with Gasteiger partial charge in [-0.2, -0.15) is 0 Å². The van der Waals surface area contributed by atoms with E-state index in [0.717, 1.165) is 0 Å². The van der Waals surface area contributed by atoms with Crippen molar-refractivity contribution in [1.29, 1.82) is 0 Å². The summed E-state index contributed by atoms with van der Waals surface area (Å²) in [5.74, 6) is 0.350. The van der Waals surface area contributed by atoms with Crippen LogP contribution in [0.25, 0.3) is 22.3 Å². The third-order valence-electron chi connectivity index (χ3n) is 3.98. The van der Waals surface area contributed by atoms with Crippen molar-refractivity contribution in [2.45, 2.75) is 0 Å². The highest BCUT2D eigenvalue weighted by molar-refractivity contribution is 5.74. The van der Waals surface area contributed by atoms with Crippen molar-refractivity contribution in [1.82, 2.24) is 0 Å². The molecule has 128 valence electrons. The van der Waals surface area contributed by atoms with Gasteiger partial charge < -0.3 is 10.2 Å². The average molecular weight is 340 g/mol. The molecule has 0 saturated heterocycles. The molecule has 0 fully saturated rings. The van der Waals surface area contributed by atoms with Gasteiger partial charge in [-0.25, -0.2) is 0 Å². The Morgan fingerprint density at radius 2 is 0.654 bits per heavy atom. The minimum atomic E-state index is 0.175. The van der Waals surface area contributed by atoms with Crippen LogP contribution in [0.3, 0.4) is 0 Å². The zero-order valence-corrected chi connectivity index (χ0v) is 14.3. The molecule has 0 spiro atoms. The number of benzene rings is 4. The summed E-state index contributed by atoms with van der Waals surface area (Å²) in [6.07, 6.45) is 0. The van der Waals surface area contributed by atoms with Crippen LogP contribution in [0.2, 0.25) is 0 Å². The Morgan fingerprint density at radius 1 is 0.346 bits per heavy atom.